The zero-order valence-electron chi connectivity index (χ0n) is 13.9. The molecule has 4 aromatic rings. The highest BCUT2D eigenvalue weighted by molar-refractivity contribution is 7.71. The lowest BCUT2D eigenvalue weighted by Gasteiger charge is -2.12. The number of aromatic hydroxyl groups is 1. The Bertz CT molecular complexity index is 1140. The minimum Gasteiger partial charge on any atom is -0.508 e. The molecule has 4 rings (SSSR count). The van der Waals surface area contributed by atoms with Crippen LogP contribution in [0.2, 0.25) is 0 Å². The van der Waals surface area contributed by atoms with Crippen LogP contribution in [0.1, 0.15) is 18.1 Å². The molecule has 2 aromatic heterocycles. The fourth-order valence-electron chi connectivity index (χ4n) is 3.09. The van der Waals surface area contributed by atoms with Crippen molar-refractivity contribution >= 4 is 23.3 Å². The third-order valence-electron chi connectivity index (χ3n) is 4.39. The number of hydrogen-bond donors (Lipinski definition) is 3. The molecule has 7 heteroatoms. The molecule has 2 aromatic carbocycles. The Balaban J connectivity index is 2.02. The summed E-state index contributed by atoms with van der Waals surface area (Å²) in [5.74, 6) is 1.01. The molecule has 0 amide bonds. The van der Waals surface area contributed by atoms with Crippen molar-refractivity contribution in [2.24, 2.45) is 0 Å². The number of aromatic nitrogens is 5. The van der Waals surface area contributed by atoms with Crippen LogP contribution in [0.15, 0.2) is 36.7 Å². The quantitative estimate of drug-likeness (QED) is 0.486. The monoisotopic (exact) mass is 351 g/mol. The van der Waals surface area contributed by atoms with Crippen molar-refractivity contribution in [2.45, 2.75) is 20.3 Å². The zero-order valence-corrected chi connectivity index (χ0v) is 14.7. The summed E-state index contributed by atoms with van der Waals surface area (Å²) in [6, 6.07) is 9.63. The number of phenolic OH excluding ortho intramolecular Hbond substituents is 1. The van der Waals surface area contributed by atoms with Crippen LogP contribution in [0, 0.1) is 11.7 Å². The Morgan fingerprint density at radius 3 is 2.92 bits per heavy atom. The van der Waals surface area contributed by atoms with Crippen LogP contribution < -0.4 is 0 Å². The van der Waals surface area contributed by atoms with Gasteiger partial charge in [0.25, 0.3) is 0 Å². The van der Waals surface area contributed by atoms with E-state index in [2.05, 4.69) is 20.2 Å². The highest BCUT2D eigenvalue weighted by Crippen LogP contribution is 2.31. The van der Waals surface area contributed by atoms with Crippen molar-refractivity contribution in [3.63, 3.8) is 0 Å². The molecule has 0 saturated carbocycles. The van der Waals surface area contributed by atoms with E-state index in [9.17, 15) is 5.11 Å². The number of benzene rings is 2. The summed E-state index contributed by atoms with van der Waals surface area (Å²) in [5, 5.41) is 17.4. The lowest BCUT2D eigenvalue weighted by Crippen LogP contribution is -2.01. The number of hydrogen-bond acceptors (Lipinski definition) is 4. The van der Waals surface area contributed by atoms with E-state index in [1.54, 1.807) is 12.4 Å². The van der Waals surface area contributed by atoms with Crippen LogP contribution in [-0.2, 0) is 6.42 Å². The summed E-state index contributed by atoms with van der Waals surface area (Å²) < 4.78 is 2.38. The molecule has 0 saturated heterocycles. The number of imidazole rings is 1. The van der Waals surface area contributed by atoms with Crippen LogP contribution >= 0.6 is 12.2 Å². The first-order valence-electron chi connectivity index (χ1n) is 8.03. The van der Waals surface area contributed by atoms with E-state index in [0.29, 0.717) is 16.3 Å². The van der Waals surface area contributed by atoms with Crippen molar-refractivity contribution in [2.75, 3.05) is 0 Å². The molecule has 3 N–H and O–H groups in total. The van der Waals surface area contributed by atoms with Gasteiger partial charge in [0.05, 0.1) is 17.5 Å². The maximum Gasteiger partial charge on any atom is 0.200 e. The minimum absolute atomic E-state index is 0.304. The Morgan fingerprint density at radius 2 is 2.12 bits per heavy atom. The zero-order chi connectivity index (χ0) is 17.6. The van der Waals surface area contributed by atoms with Crippen LogP contribution in [-0.4, -0.2) is 29.8 Å². The maximum atomic E-state index is 10.1. The molecule has 2 heterocycles. The molecule has 0 aliphatic carbocycles. The van der Waals surface area contributed by atoms with Gasteiger partial charge >= 0.3 is 0 Å². The number of aromatic amines is 2. The van der Waals surface area contributed by atoms with Crippen molar-refractivity contribution in [3.05, 3.63) is 52.6 Å². The van der Waals surface area contributed by atoms with Crippen molar-refractivity contribution in [1.29, 1.82) is 0 Å². The van der Waals surface area contributed by atoms with Gasteiger partial charge in [0.2, 0.25) is 0 Å². The summed E-state index contributed by atoms with van der Waals surface area (Å²) in [4.78, 5) is 7.53. The van der Waals surface area contributed by atoms with Crippen LogP contribution in [0.5, 0.6) is 5.75 Å². The Labute approximate surface area is 149 Å². The summed E-state index contributed by atoms with van der Waals surface area (Å²) in [7, 11) is 0. The molecule has 0 aliphatic rings. The highest BCUT2D eigenvalue weighted by Gasteiger charge is 2.17. The maximum absolute atomic E-state index is 10.1. The van der Waals surface area contributed by atoms with E-state index in [1.165, 1.54) is 0 Å². The van der Waals surface area contributed by atoms with E-state index in [4.69, 9.17) is 12.2 Å². The standard InChI is InChI=1S/C18H17N5OS/c1-3-11-8-12(10(2)7-15(11)24)17-21-22-18(25)23(17)14-6-4-5-13-16(14)20-9-19-13/h4-9,24H,3H2,1-2H3,(H,19,20)(H,22,25). The number of phenols is 1. The molecular formula is C18H17N5OS. The predicted octanol–water partition coefficient (Wildman–Crippen LogP) is 4.05. The molecule has 0 radical (unpaired) electrons. The largest absolute Gasteiger partial charge is 0.508 e. The van der Waals surface area contributed by atoms with E-state index >= 15 is 0 Å². The van der Waals surface area contributed by atoms with Crippen LogP contribution in [0.3, 0.4) is 0 Å². The molecule has 6 nitrogen and oxygen atoms in total. The third kappa shape index (κ3) is 2.44. The average molecular weight is 351 g/mol. The Morgan fingerprint density at radius 1 is 1.28 bits per heavy atom. The number of rotatable bonds is 3. The van der Waals surface area contributed by atoms with E-state index < -0.39 is 0 Å². The molecule has 25 heavy (non-hydrogen) atoms. The van der Waals surface area contributed by atoms with Crippen LogP contribution in [0.25, 0.3) is 28.1 Å². The fourth-order valence-corrected chi connectivity index (χ4v) is 3.32. The predicted molar refractivity (Wildman–Crippen MR) is 99.6 cm³/mol. The van der Waals surface area contributed by atoms with Crippen molar-refractivity contribution in [1.82, 2.24) is 24.7 Å². The van der Waals surface area contributed by atoms with E-state index in [1.807, 2.05) is 42.7 Å². The van der Waals surface area contributed by atoms with Gasteiger partial charge in [0.15, 0.2) is 10.6 Å². The Hall–Kier alpha value is -2.93. The minimum atomic E-state index is 0.304. The molecule has 0 fully saturated rings. The first-order valence-corrected chi connectivity index (χ1v) is 8.43. The lowest BCUT2D eigenvalue weighted by atomic mass is 10.0. The summed E-state index contributed by atoms with van der Waals surface area (Å²) in [6.45, 7) is 3.96. The number of nitrogens with zero attached hydrogens (tertiary/aromatic N) is 3. The number of aryl methyl sites for hydroxylation is 2. The number of H-pyrrole nitrogens is 2. The summed E-state index contributed by atoms with van der Waals surface area (Å²) >= 11 is 5.48. The van der Waals surface area contributed by atoms with Gasteiger partial charge in [-0.1, -0.05) is 13.0 Å². The van der Waals surface area contributed by atoms with E-state index in [-0.39, 0.29) is 0 Å². The lowest BCUT2D eigenvalue weighted by molar-refractivity contribution is 0.468. The molecule has 0 atom stereocenters. The topological polar surface area (TPSA) is 82.5 Å². The SMILES string of the molecule is CCc1cc(-c2n[nH]c(=S)n2-c2cccc3[nH]cnc23)c(C)cc1O. The van der Waals surface area contributed by atoms with Gasteiger partial charge in [0.1, 0.15) is 11.3 Å². The van der Waals surface area contributed by atoms with Gasteiger partial charge in [-0.05, 0) is 61.0 Å². The first kappa shape index (κ1) is 15.6. The van der Waals surface area contributed by atoms with Gasteiger partial charge in [0, 0.05) is 5.56 Å². The van der Waals surface area contributed by atoms with Crippen molar-refractivity contribution in [3.8, 4) is 22.8 Å². The molecule has 0 aliphatic heterocycles. The fraction of sp³-hybridized carbons (Fsp3) is 0.167. The molecule has 126 valence electrons. The Kier molecular flexibility index (Phi) is 3.65. The van der Waals surface area contributed by atoms with Gasteiger partial charge in [-0.2, -0.15) is 5.10 Å². The number of fused-ring (bicyclic) bond motifs is 1. The number of para-hydroxylation sites is 1. The molecular weight excluding hydrogens is 334 g/mol. The second-order valence-electron chi connectivity index (χ2n) is 5.91. The third-order valence-corrected chi connectivity index (χ3v) is 4.66. The van der Waals surface area contributed by atoms with E-state index in [0.717, 1.165) is 39.8 Å². The van der Waals surface area contributed by atoms with Gasteiger partial charge in [-0.3, -0.25) is 9.67 Å². The second-order valence-corrected chi connectivity index (χ2v) is 6.30. The summed E-state index contributed by atoms with van der Waals surface area (Å²) in [5.41, 5.74) is 5.35. The average Bonchev–Trinajstić information content (AvgIpc) is 3.21. The molecule has 0 spiro atoms. The smallest absolute Gasteiger partial charge is 0.200 e. The molecule has 0 bridgehead atoms. The highest BCUT2D eigenvalue weighted by atomic mass is 32.1. The van der Waals surface area contributed by atoms with Gasteiger partial charge < -0.3 is 10.1 Å². The molecule has 0 unspecified atom stereocenters. The normalized spacial score (nSPS) is 11.3. The van der Waals surface area contributed by atoms with Crippen molar-refractivity contribution < 1.29 is 5.11 Å². The second kappa shape index (κ2) is 5.86. The number of nitrogens with one attached hydrogen (secondary N) is 2. The van der Waals surface area contributed by atoms with Gasteiger partial charge in [-0.15, -0.1) is 0 Å². The summed E-state index contributed by atoms with van der Waals surface area (Å²) in [6.07, 6.45) is 2.40. The first-order chi connectivity index (χ1) is 12.1. The van der Waals surface area contributed by atoms with Crippen LogP contribution in [0.4, 0.5) is 0 Å². The van der Waals surface area contributed by atoms with Gasteiger partial charge in [-0.25, -0.2) is 4.98 Å².